The van der Waals surface area contributed by atoms with E-state index in [0.717, 1.165) is 25.7 Å². The van der Waals surface area contributed by atoms with E-state index in [9.17, 15) is 4.79 Å². The van der Waals surface area contributed by atoms with Gasteiger partial charge in [0.15, 0.2) is 0 Å². The van der Waals surface area contributed by atoms with Crippen molar-refractivity contribution in [3.63, 3.8) is 0 Å². The fourth-order valence-electron chi connectivity index (χ4n) is 2.16. The highest BCUT2D eigenvalue weighted by atomic mass is 16.4. The van der Waals surface area contributed by atoms with Crippen LogP contribution in [0.3, 0.4) is 0 Å². The minimum atomic E-state index is -0.643. The minimum absolute atomic E-state index is 0.127. The number of nitrogens with one attached hydrogen (secondary N) is 1. The van der Waals surface area contributed by atoms with Gasteiger partial charge in [-0.15, -0.1) is 0 Å². The quantitative estimate of drug-likeness (QED) is 0.754. The van der Waals surface area contributed by atoms with Crippen LogP contribution >= 0.6 is 0 Å². The van der Waals surface area contributed by atoms with Gasteiger partial charge in [0.2, 0.25) is 0 Å². The molecule has 0 amide bonds. The van der Waals surface area contributed by atoms with Gasteiger partial charge in [0.05, 0.1) is 12.1 Å². The molecule has 0 aromatic carbocycles. The SMILES string of the molecule is O=C(O)C1CCC(c2cn[nH]c2)CC1. The van der Waals surface area contributed by atoms with E-state index in [1.807, 2.05) is 12.4 Å². The number of aliphatic carboxylic acids is 1. The zero-order valence-electron chi connectivity index (χ0n) is 7.94. The Morgan fingerprint density at radius 1 is 1.43 bits per heavy atom. The summed E-state index contributed by atoms with van der Waals surface area (Å²) in [4.78, 5) is 10.7. The normalized spacial score (nSPS) is 27.4. The summed E-state index contributed by atoms with van der Waals surface area (Å²) in [6.07, 6.45) is 7.28. The van der Waals surface area contributed by atoms with Crippen LogP contribution in [0.2, 0.25) is 0 Å². The number of carboxylic acid groups (broad SMARTS) is 1. The predicted molar refractivity (Wildman–Crippen MR) is 50.9 cm³/mol. The molecular weight excluding hydrogens is 180 g/mol. The molecule has 1 aliphatic rings. The highest BCUT2D eigenvalue weighted by Crippen LogP contribution is 2.35. The van der Waals surface area contributed by atoms with Crippen LogP contribution in [-0.2, 0) is 4.79 Å². The maximum atomic E-state index is 10.7. The fraction of sp³-hybridized carbons (Fsp3) is 0.600. The lowest BCUT2D eigenvalue weighted by molar-refractivity contribution is -0.142. The second-order valence-corrected chi connectivity index (χ2v) is 3.92. The molecule has 1 aromatic rings. The van der Waals surface area contributed by atoms with Crippen LogP contribution in [0.4, 0.5) is 0 Å². The Bertz CT molecular complexity index is 300. The van der Waals surface area contributed by atoms with E-state index >= 15 is 0 Å². The first-order chi connectivity index (χ1) is 6.77. The number of aromatic amines is 1. The number of nitrogens with zero attached hydrogens (tertiary/aromatic N) is 1. The van der Waals surface area contributed by atoms with Crippen molar-refractivity contribution in [2.24, 2.45) is 5.92 Å². The lowest BCUT2D eigenvalue weighted by Gasteiger charge is -2.24. The molecule has 4 heteroatoms. The van der Waals surface area contributed by atoms with Gasteiger partial charge in [-0.2, -0.15) is 5.10 Å². The molecule has 0 unspecified atom stereocenters. The predicted octanol–water partition coefficient (Wildman–Crippen LogP) is 1.77. The third-order valence-electron chi connectivity index (χ3n) is 3.07. The summed E-state index contributed by atoms with van der Waals surface area (Å²) in [5.74, 6) is -0.266. The molecule has 0 radical (unpaired) electrons. The summed E-state index contributed by atoms with van der Waals surface area (Å²) in [7, 11) is 0. The van der Waals surface area contributed by atoms with Crippen LogP contribution in [-0.4, -0.2) is 21.3 Å². The molecule has 76 valence electrons. The Kier molecular flexibility index (Phi) is 2.52. The van der Waals surface area contributed by atoms with Gasteiger partial charge in [0, 0.05) is 6.20 Å². The smallest absolute Gasteiger partial charge is 0.306 e. The molecule has 0 aliphatic heterocycles. The molecule has 4 nitrogen and oxygen atoms in total. The first-order valence-electron chi connectivity index (χ1n) is 4.99. The van der Waals surface area contributed by atoms with Crippen molar-refractivity contribution in [2.75, 3.05) is 0 Å². The first kappa shape index (κ1) is 9.24. The molecule has 0 atom stereocenters. The number of rotatable bonds is 2. The molecule has 1 heterocycles. The van der Waals surface area contributed by atoms with Crippen molar-refractivity contribution >= 4 is 5.97 Å². The molecule has 14 heavy (non-hydrogen) atoms. The van der Waals surface area contributed by atoms with E-state index in [-0.39, 0.29) is 5.92 Å². The van der Waals surface area contributed by atoms with Gasteiger partial charge in [-0.3, -0.25) is 9.89 Å². The van der Waals surface area contributed by atoms with Crippen LogP contribution in [0, 0.1) is 5.92 Å². The molecule has 0 bridgehead atoms. The van der Waals surface area contributed by atoms with Crippen molar-refractivity contribution in [3.8, 4) is 0 Å². The summed E-state index contributed by atoms with van der Waals surface area (Å²) < 4.78 is 0. The second-order valence-electron chi connectivity index (χ2n) is 3.92. The maximum Gasteiger partial charge on any atom is 0.306 e. The fourth-order valence-corrected chi connectivity index (χ4v) is 2.16. The van der Waals surface area contributed by atoms with E-state index in [0.29, 0.717) is 5.92 Å². The zero-order chi connectivity index (χ0) is 9.97. The van der Waals surface area contributed by atoms with Gasteiger partial charge >= 0.3 is 5.97 Å². The number of H-pyrrole nitrogens is 1. The topological polar surface area (TPSA) is 66.0 Å². The van der Waals surface area contributed by atoms with Crippen molar-refractivity contribution in [2.45, 2.75) is 31.6 Å². The van der Waals surface area contributed by atoms with Gasteiger partial charge in [-0.25, -0.2) is 0 Å². The van der Waals surface area contributed by atoms with Crippen molar-refractivity contribution in [1.29, 1.82) is 0 Å². The maximum absolute atomic E-state index is 10.7. The zero-order valence-corrected chi connectivity index (χ0v) is 7.94. The van der Waals surface area contributed by atoms with Gasteiger partial charge < -0.3 is 5.11 Å². The number of carbonyl (C=O) groups is 1. The van der Waals surface area contributed by atoms with Crippen LogP contribution in [0.25, 0.3) is 0 Å². The molecule has 1 aliphatic carbocycles. The largest absolute Gasteiger partial charge is 0.481 e. The second kappa shape index (κ2) is 3.82. The highest BCUT2D eigenvalue weighted by Gasteiger charge is 2.26. The van der Waals surface area contributed by atoms with E-state index in [1.165, 1.54) is 5.56 Å². The summed E-state index contributed by atoms with van der Waals surface area (Å²) in [6.45, 7) is 0. The van der Waals surface area contributed by atoms with Crippen LogP contribution < -0.4 is 0 Å². The summed E-state index contributed by atoms with van der Waals surface area (Å²) in [5, 5.41) is 15.5. The van der Waals surface area contributed by atoms with Crippen LogP contribution in [0.1, 0.15) is 37.2 Å². The number of aromatic nitrogens is 2. The van der Waals surface area contributed by atoms with Gasteiger partial charge in [0.25, 0.3) is 0 Å². The molecule has 1 saturated carbocycles. The molecule has 0 spiro atoms. The number of hydrogen-bond donors (Lipinski definition) is 2. The number of carboxylic acids is 1. The average molecular weight is 194 g/mol. The molecule has 0 saturated heterocycles. The monoisotopic (exact) mass is 194 g/mol. The Labute approximate surface area is 82.3 Å². The number of hydrogen-bond acceptors (Lipinski definition) is 2. The Morgan fingerprint density at radius 2 is 2.14 bits per heavy atom. The van der Waals surface area contributed by atoms with Gasteiger partial charge in [-0.1, -0.05) is 0 Å². The molecule has 2 N–H and O–H groups in total. The molecular formula is C10H14N2O2. The lowest BCUT2D eigenvalue weighted by Crippen LogP contribution is -2.20. The van der Waals surface area contributed by atoms with E-state index in [4.69, 9.17) is 5.11 Å². The summed E-state index contributed by atoms with van der Waals surface area (Å²) >= 11 is 0. The van der Waals surface area contributed by atoms with Crippen molar-refractivity contribution in [1.82, 2.24) is 10.2 Å². The van der Waals surface area contributed by atoms with Crippen molar-refractivity contribution in [3.05, 3.63) is 18.0 Å². The van der Waals surface area contributed by atoms with E-state index in [1.54, 1.807) is 0 Å². The standard InChI is InChI=1S/C10H14N2O2/c13-10(14)8-3-1-7(2-4-8)9-5-11-12-6-9/h5-8H,1-4H2,(H,11,12)(H,13,14). The minimum Gasteiger partial charge on any atom is -0.481 e. The lowest BCUT2D eigenvalue weighted by atomic mass is 9.80. The molecule has 1 aromatic heterocycles. The molecule has 2 rings (SSSR count). The Morgan fingerprint density at radius 3 is 2.64 bits per heavy atom. The van der Waals surface area contributed by atoms with Gasteiger partial charge in [-0.05, 0) is 37.2 Å². The Hall–Kier alpha value is -1.32. The Balaban J connectivity index is 1.93. The van der Waals surface area contributed by atoms with E-state index in [2.05, 4.69) is 10.2 Å². The summed E-state index contributed by atoms with van der Waals surface area (Å²) in [5.41, 5.74) is 1.22. The third-order valence-corrected chi connectivity index (χ3v) is 3.07. The van der Waals surface area contributed by atoms with Crippen molar-refractivity contribution < 1.29 is 9.90 Å². The van der Waals surface area contributed by atoms with Crippen LogP contribution in [0.15, 0.2) is 12.4 Å². The summed E-state index contributed by atoms with van der Waals surface area (Å²) in [6, 6.07) is 0. The van der Waals surface area contributed by atoms with Gasteiger partial charge in [0.1, 0.15) is 0 Å². The first-order valence-corrected chi connectivity index (χ1v) is 4.99. The van der Waals surface area contributed by atoms with Crippen LogP contribution in [0.5, 0.6) is 0 Å². The van der Waals surface area contributed by atoms with E-state index < -0.39 is 5.97 Å². The highest BCUT2D eigenvalue weighted by molar-refractivity contribution is 5.70. The average Bonchev–Trinajstić information content (AvgIpc) is 2.71. The molecule has 1 fully saturated rings. The third kappa shape index (κ3) is 1.78.